The fourth-order valence-electron chi connectivity index (χ4n) is 2.79. The highest BCUT2D eigenvalue weighted by molar-refractivity contribution is 5.95. The van der Waals surface area contributed by atoms with Crippen molar-refractivity contribution in [1.29, 1.82) is 0 Å². The molecule has 0 unspecified atom stereocenters. The zero-order valence-corrected chi connectivity index (χ0v) is 13.4. The zero-order chi connectivity index (χ0) is 18.1. The molecular formula is C20H13F3N2O. The summed E-state index contributed by atoms with van der Waals surface area (Å²) in [5, 5.41) is 3.88. The molecule has 0 aliphatic heterocycles. The second kappa shape index (κ2) is 6.22. The van der Waals surface area contributed by atoms with Crippen molar-refractivity contribution in [2.75, 3.05) is 5.32 Å². The Hall–Kier alpha value is -3.28. The first-order valence-electron chi connectivity index (χ1n) is 7.86. The Morgan fingerprint density at radius 1 is 0.923 bits per heavy atom. The number of hydrogen-bond acceptors (Lipinski definition) is 3. The number of nitrogens with zero attached hydrogens (tertiary/aromatic N) is 1. The fraction of sp³-hybridized carbons (Fsp3) is 0.0500. The number of alkyl halides is 3. The van der Waals surface area contributed by atoms with Crippen LogP contribution in [-0.4, -0.2) is 4.98 Å². The molecule has 0 bridgehead atoms. The highest BCUT2D eigenvalue weighted by Crippen LogP contribution is 2.33. The van der Waals surface area contributed by atoms with E-state index in [9.17, 15) is 13.2 Å². The molecule has 1 N–H and O–H groups in total. The van der Waals surface area contributed by atoms with Crippen LogP contribution < -0.4 is 5.32 Å². The van der Waals surface area contributed by atoms with Crippen molar-refractivity contribution >= 4 is 22.3 Å². The molecule has 0 radical (unpaired) electrons. The maximum Gasteiger partial charge on any atom is 0.416 e. The molecule has 2 heterocycles. The normalized spacial score (nSPS) is 11.7. The predicted molar refractivity (Wildman–Crippen MR) is 94.2 cm³/mol. The first-order valence-corrected chi connectivity index (χ1v) is 7.86. The molecule has 2 aromatic heterocycles. The van der Waals surface area contributed by atoms with Crippen LogP contribution in [-0.2, 0) is 6.18 Å². The van der Waals surface area contributed by atoms with Crippen molar-refractivity contribution in [3.8, 4) is 11.1 Å². The first kappa shape index (κ1) is 16.2. The van der Waals surface area contributed by atoms with E-state index in [1.54, 1.807) is 30.9 Å². The average Bonchev–Trinajstić information content (AvgIpc) is 3.16. The van der Waals surface area contributed by atoms with E-state index in [0.717, 1.165) is 34.2 Å². The Morgan fingerprint density at radius 2 is 1.81 bits per heavy atom. The highest BCUT2D eigenvalue weighted by Gasteiger charge is 2.30. The van der Waals surface area contributed by atoms with Gasteiger partial charge in [0.05, 0.1) is 23.6 Å². The summed E-state index contributed by atoms with van der Waals surface area (Å²) >= 11 is 0. The number of furan rings is 1. The zero-order valence-electron chi connectivity index (χ0n) is 13.4. The number of benzene rings is 2. The third-order valence-corrected chi connectivity index (χ3v) is 4.06. The molecule has 0 atom stereocenters. The van der Waals surface area contributed by atoms with Gasteiger partial charge in [-0.3, -0.25) is 4.98 Å². The Morgan fingerprint density at radius 3 is 2.58 bits per heavy atom. The Labute approximate surface area is 147 Å². The van der Waals surface area contributed by atoms with Crippen LogP contribution in [0, 0.1) is 0 Å². The van der Waals surface area contributed by atoms with Gasteiger partial charge in [-0.15, -0.1) is 0 Å². The van der Waals surface area contributed by atoms with Gasteiger partial charge in [-0.05, 0) is 48.0 Å². The van der Waals surface area contributed by atoms with Crippen molar-refractivity contribution in [2.24, 2.45) is 0 Å². The second-order valence-corrected chi connectivity index (χ2v) is 5.81. The maximum absolute atomic E-state index is 12.9. The first-order chi connectivity index (χ1) is 12.5. The molecule has 4 rings (SSSR count). The number of rotatable bonds is 3. The van der Waals surface area contributed by atoms with Gasteiger partial charge in [0.15, 0.2) is 0 Å². The van der Waals surface area contributed by atoms with Gasteiger partial charge in [-0.2, -0.15) is 13.2 Å². The monoisotopic (exact) mass is 354 g/mol. The number of anilines is 2. The van der Waals surface area contributed by atoms with Gasteiger partial charge in [-0.1, -0.05) is 12.1 Å². The van der Waals surface area contributed by atoms with Gasteiger partial charge in [0.2, 0.25) is 0 Å². The number of halogens is 3. The SMILES string of the molecule is FC(F)(F)c1cccc(Nc2ccnc3ccc(-c4ccoc4)cc23)c1. The summed E-state index contributed by atoms with van der Waals surface area (Å²) in [6.07, 6.45) is 0.463. The van der Waals surface area contributed by atoms with Gasteiger partial charge in [0, 0.05) is 28.5 Å². The van der Waals surface area contributed by atoms with Crippen LogP contribution in [0.2, 0.25) is 0 Å². The lowest BCUT2D eigenvalue weighted by Gasteiger charge is -2.13. The molecule has 0 saturated carbocycles. The fourth-order valence-corrected chi connectivity index (χ4v) is 2.79. The summed E-state index contributed by atoms with van der Waals surface area (Å²) in [4.78, 5) is 4.32. The lowest BCUT2D eigenvalue weighted by Crippen LogP contribution is -2.05. The van der Waals surface area contributed by atoms with E-state index in [2.05, 4.69) is 10.3 Å². The van der Waals surface area contributed by atoms with E-state index in [1.165, 1.54) is 6.07 Å². The van der Waals surface area contributed by atoms with Crippen molar-refractivity contribution in [3.63, 3.8) is 0 Å². The van der Waals surface area contributed by atoms with E-state index in [1.807, 2.05) is 24.3 Å². The summed E-state index contributed by atoms with van der Waals surface area (Å²) < 4.78 is 43.9. The van der Waals surface area contributed by atoms with Crippen molar-refractivity contribution in [2.45, 2.75) is 6.18 Å². The Kier molecular flexibility index (Phi) is 3.88. The van der Waals surface area contributed by atoms with E-state index < -0.39 is 11.7 Å². The molecule has 0 fully saturated rings. The topological polar surface area (TPSA) is 38.1 Å². The van der Waals surface area contributed by atoms with Crippen molar-refractivity contribution in [1.82, 2.24) is 4.98 Å². The van der Waals surface area contributed by atoms with Crippen molar-refractivity contribution < 1.29 is 17.6 Å². The molecule has 130 valence electrons. The summed E-state index contributed by atoms with van der Waals surface area (Å²) in [6.45, 7) is 0. The van der Waals surface area contributed by atoms with Crippen LogP contribution in [0.5, 0.6) is 0 Å². The Bertz CT molecular complexity index is 1060. The van der Waals surface area contributed by atoms with Gasteiger partial charge < -0.3 is 9.73 Å². The molecule has 0 aliphatic rings. The molecule has 0 amide bonds. The number of pyridine rings is 1. The average molecular weight is 354 g/mol. The predicted octanol–water partition coefficient (Wildman–Crippen LogP) is 6.26. The molecule has 26 heavy (non-hydrogen) atoms. The van der Waals surface area contributed by atoms with Gasteiger partial charge in [0.25, 0.3) is 0 Å². The minimum atomic E-state index is -4.38. The van der Waals surface area contributed by atoms with Crippen LogP contribution in [0.4, 0.5) is 24.5 Å². The van der Waals surface area contributed by atoms with Crippen LogP contribution in [0.25, 0.3) is 22.0 Å². The quantitative estimate of drug-likeness (QED) is 0.472. The number of fused-ring (bicyclic) bond motifs is 1. The summed E-state index contributed by atoms with van der Waals surface area (Å²) in [5.41, 5.74) is 2.95. The molecule has 4 aromatic rings. The number of hydrogen-bond donors (Lipinski definition) is 1. The van der Waals surface area contributed by atoms with Crippen molar-refractivity contribution in [3.05, 3.63) is 78.9 Å². The van der Waals surface area contributed by atoms with Gasteiger partial charge in [-0.25, -0.2) is 0 Å². The summed E-state index contributed by atoms with van der Waals surface area (Å²) in [5.74, 6) is 0. The lowest BCUT2D eigenvalue weighted by atomic mass is 10.0. The van der Waals surface area contributed by atoms with E-state index in [4.69, 9.17) is 4.42 Å². The number of nitrogens with one attached hydrogen (secondary N) is 1. The molecule has 0 saturated heterocycles. The standard InChI is InChI=1S/C20H13F3N2O/c21-20(22,23)15-2-1-3-16(11-15)25-19-6-8-24-18-5-4-13(10-17(18)19)14-7-9-26-12-14/h1-12H,(H,24,25). The summed E-state index contributed by atoms with van der Waals surface area (Å²) in [7, 11) is 0. The van der Waals surface area contributed by atoms with Crippen LogP contribution in [0.15, 0.2) is 77.7 Å². The van der Waals surface area contributed by atoms with E-state index in [-0.39, 0.29) is 0 Å². The van der Waals surface area contributed by atoms with E-state index in [0.29, 0.717) is 11.4 Å². The maximum atomic E-state index is 12.9. The van der Waals surface area contributed by atoms with Gasteiger partial charge >= 0.3 is 6.18 Å². The molecule has 0 aliphatic carbocycles. The minimum absolute atomic E-state index is 0.362. The van der Waals surface area contributed by atoms with Gasteiger partial charge in [0.1, 0.15) is 0 Å². The lowest BCUT2D eigenvalue weighted by molar-refractivity contribution is -0.137. The third kappa shape index (κ3) is 3.13. The second-order valence-electron chi connectivity index (χ2n) is 5.81. The van der Waals surface area contributed by atoms with E-state index >= 15 is 0 Å². The molecule has 3 nitrogen and oxygen atoms in total. The molecule has 0 spiro atoms. The van der Waals surface area contributed by atoms with Crippen LogP contribution in [0.1, 0.15) is 5.56 Å². The molecule has 2 aromatic carbocycles. The molecule has 6 heteroatoms. The Balaban J connectivity index is 1.76. The highest BCUT2D eigenvalue weighted by atomic mass is 19.4. The smallest absolute Gasteiger partial charge is 0.416 e. The van der Waals surface area contributed by atoms with Crippen LogP contribution >= 0.6 is 0 Å². The minimum Gasteiger partial charge on any atom is -0.472 e. The third-order valence-electron chi connectivity index (χ3n) is 4.06. The summed E-state index contributed by atoms with van der Waals surface area (Å²) in [6, 6.07) is 14.4. The largest absolute Gasteiger partial charge is 0.472 e. The molecular weight excluding hydrogens is 341 g/mol. The number of aromatic nitrogens is 1. The van der Waals surface area contributed by atoms with Crippen LogP contribution in [0.3, 0.4) is 0 Å².